The van der Waals surface area contributed by atoms with Crippen LogP contribution in [0.3, 0.4) is 0 Å². The molecule has 0 saturated carbocycles. The number of hydrogen-bond acceptors (Lipinski definition) is 4. The van der Waals surface area contributed by atoms with Crippen molar-refractivity contribution in [1.82, 2.24) is 4.57 Å². The number of pyridine rings is 1. The number of benzene rings is 1. The third-order valence-corrected chi connectivity index (χ3v) is 3.58. The number of aryl methyl sites for hydroxylation is 1. The maximum atomic E-state index is 12.3. The highest BCUT2D eigenvalue weighted by Gasteiger charge is 2.04. The summed E-state index contributed by atoms with van der Waals surface area (Å²) in [6.07, 6.45) is 3.72. The molecule has 0 saturated heterocycles. The summed E-state index contributed by atoms with van der Waals surface area (Å²) >= 11 is 0. The second kappa shape index (κ2) is 8.27. The highest BCUT2D eigenvalue weighted by atomic mass is 16.5. The Hall–Kier alpha value is -2.43. The van der Waals surface area contributed by atoms with E-state index < -0.39 is 0 Å². The number of hydrogen-bond donors (Lipinski definition) is 1. The lowest BCUT2D eigenvalue weighted by Crippen LogP contribution is -2.24. The zero-order valence-electron chi connectivity index (χ0n) is 13.7. The number of nitrogens with zero attached hydrogens (tertiary/aromatic N) is 1. The predicted molar refractivity (Wildman–Crippen MR) is 92.2 cm³/mol. The minimum Gasteiger partial charge on any atom is -0.492 e. The Kier molecular flexibility index (Phi) is 6.09. The van der Waals surface area contributed by atoms with Crippen molar-refractivity contribution in [2.75, 3.05) is 18.9 Å². The normalized spacial score (nSPS) is 10.5. The molecule has 1 aromatic heterocycles. The second-order valence-electron chi connectivity index (χ2n) is 5.44. The number of ether oxygens (including phenoxy) is 2. The summed E-state index contributed by atoms with van der Waals surface area (Å²) in [5.41, 5.74) is 7.37. The highest BCUT2D eigenvalue weighted by Crippen LogP contribution is 2.18. The average molecular weight is 316 g/mol. The molecule has 2 aromatic rings. The van der Waals surface area contributed by atoms with Gasteiger partial charge in [0.15, 0.2) is 5.75 Å². The van der Waals surface area contributed by atoms with E-state index in [9.17, 15) is 4.79 Å². The topological polar surface area (TPSA) is 66.5 Å². The van der Waals surface area contributed by atoms with Gasteiger partial charge in [-0.3, -0.25) is 4.79 Å². The lowest BCUT2D eigenvalue weighted by atomic mass is 10.2. The van der Waals surface area contributed by atoms with E-state index >= 15 is 0 Å². The van der Waals surface area contributed by atoms with E-state index in [0.717, 1.165) is 29.8 Å². The van der Waals surface area contributed by atoms with E-state index in [0.29, 0.717) is 25.5 Å². The minimum absolute atomic E-state index is 0.124. The summed E-state index contributed by atoms with van der Waals surface area (Å²) in [6, 6.07) is 9.06. The summed E-state index contributed by atoms with van der Waals surface area (Å²) in [4.78, 5) is 12.3. The molecule has 23 heavy (non-hydrogen) atoms. The highest BCUT2D eigenvalue weighted by molar-refractivity contribution is 5.49. The summed E-state index contributed by atoms with van der Waals surface area (Å²) in [5.74, 6) is 1.14. The number of aromatic nitrogens is 1. The van der Waals surface area contributed by atoms with Crippen LogP contribution in [-0.4, -0.2) is 17.8 Å². The van der Waals surface area contributed by atoms with Gasteiger partial charge in [-0.25, -0.2) is 0 Å². The fraction of sp³-hybridized carbons (Fsp3) is 0.389. The molecule has 0 amide bonds. The summed E-state index contributed by atoms with van der Waals surface area (Å²) in [6.45, 7) is 5.46. The number of nitrogens with two attached hydrogens (primary N) is 1. The Morgan fingerprint density at radius 3 is 2.74 bits per heavy atom. The Morgan fingerprint density at radius 2 is 2.00 bits per heavy atom. The number of unbranched alkanes of at least 4 members (excludes halogenated alkanes) is 1. The van der Waals surface area contributed by atoms with Gasteiger partial charge >= 0.3 is 0 Å². The molecule has 2 N–H and O–H groups in total. The molecule has 0 aliphatic carbocycles. The van der Waals surface area contributed by atoms with Crippen LogP contribution in [0.15, 0.2) is 41.3 Å². The Morgan fingerprint density at radius 1 is 1.17 bits per heavy atom. The van der Waals surface area contributed by atoms with Crippen molar-refractivity contribution in [3.8, 4) is 11.5 Å². The molecule has 5 nitrogen and oxygen atoms in total. The van der Waals surface area contributed by atoms with Crippen LogP contribution in [0.5, 0.6) is 11.5 Å². The molecule has 5 heteroatoms. The molecular formula is C18H24N2O3. The zero-order valence-corrected chi connectivity index (χ0v) is 13.7. The van der Waals surface area contributed by atoms with Crippen molar-refractivity contribution in [3.63, 3.8) is 0 Å². The quantitative estimate of drug-likeness (QED) is 0.600. The van der Waals surface area contributed by atoms with Gasteiger partial charge in [0.05, 0.1) is 13.2 Å². The summed E-state index contributed by atoms with van der Waals surface area (Å²) in [5, 5.41) is 0. The van der Waals surface area contributed by atoms with Crippen molar-refractivity contribution in [2.24, 2.45) is 0 Å². The van der Waals surface area contributed by atoms with Crippen molar-refractivity contribution in [3.05, 3.63) is 52.4 Å². The van der Waals surface area contributed by atoms with Gasteiger partial charge in [-0.1, -0.05) is 13.3 Å². The molecule has 1 heterocycles. The van der Waals surface area contributed by atoms with Gasteiger partial charge in [-0.2, -0.15) is 0 Å². The Bertz CT molecular complexity index is 695. The lowest BCUT2D eigenvalue weighted by molar-refractivity contribution is 0.285. The van der Waals surface area contributed by atoms with Crippen LogP contribution >= 0.6 is 0 Å². The maximum Gasteiger partial charge on any atom is 0.292 e. The maximum absolute atomic E-state index is 12.3. The predicted octanol–water partition coefficient (Wildman–Crippen LogP) is 3.00. The van der Waals surface area contributed by atoms with Crippen molar-refractivity contribution >= 4 is 5.69 Å². The van der Waals surface area contributed by atoms with Gasteiger partial charge in [0.25, 0.3) is 5.56 Å². The number of anilines is 1. The standard InChI is InChI=1S/C18H24N2O3/c1-3-4-11-23-17-6-5-9-20(18(17)21)10-12-22-15-7-8-16(19)14(2)13-15/h5-9,13H,3-4,10-12,19H2,1-2H3. The largest absolute Gasteiger partial charge is 0.492 e. The molecule has 0 unspecified atom stereocenters. The monoisotopic (exact) mass is 316 g/mol. The average Bonchev–Trinajstić information content (AvgIpc) is 2.54. The van der Waals surface area contributed by atoms with E-state index in [1.807, 2.05) is 31.2 Å². The van der Waals surface area contributed by atoms with Crippen LogP contribution < -0.4 is 20.8 Å². The van der Waals surface area contributed by atoms with Crippen LogP contribution in [0.25, 0.3) is 0 Å². The van der Waals surface area contributed by atoms with Crippen molar-refractivity contribution in [1.29, 1.82) is 0 Å². The molecular weight excluding hydrogens is 292 g/mol. The molecule has 0 fully saturated rings. The first-order valence-electron chi connectivity index (χ1n) is 7.93. The molecule has 1 aromatic carbocycles. The first-order chi connectivity index (χ1) is 11.1. The number of nitrogen functional groups attached to an aromatic ring is 1. The third kappa shape index (κ3) is 4.77. The SMILES string of the molecule is CCCCOc1cccn(CCOc2ccc(N)c(C)c2)c1=O. The van der Waals surface area contributed by atoms with Crippen LogP contribution in [0.4, 0.5) is 5.69 Å². The first-order valence-corrected chi connectivity index (χ1v) is 7.93. The van der Waals surface area contributed by atoms with Gasteiger partial charge in [-0.15, -0.1) is 0 Å². The van der Waals surface area contributed by atoms with Crippen LogP contribution in [0, 0.1) is 6.92 Å². The molecule has 0 aliphatic rings. The van der Waals surface area contributed by atoms with E-state index in [2.05, 4.69) is 6.92 Å². The molecule has 0 radical (unpaired) electrons. The Labute approximate surface area is 136 Å². The number of rotatable bonds is 8. The molecule has 0 spiro atoms. The third-order valence-electron chi connectivity index (χ3n) is 3.58. The molecule has 2 rings (SSSR count). The molecule has 0 atom stereocenters. The lowest BCUT2D eigenvalue weighted by Gasteiger charge is -2.11. The van der Waals surface area contributed by atoms with Crippen LogP contribution in [0.2, 0.25) is 0 Å². The van der Waals surface area contributed by atoms with E-state index in [-0.39, 0.29) is 5.56 Å². The summed E-state index contributed by atoms with van der Waals surface area (Å²) in [7, 11) is 0. The minimum atomic E-state index is -0.124. The molecule has 0 bridgehead atoms. The fourth-order valence-electron chi connectivity index (χ4n) is 2.13. The smallest absolute Gasteiger partial charge is 0.292 e. The van der Waals surface area contributed by atoms with Crippen LogP contribution in [-0.2, 0) is 6.54 Å². The second-order valence-corrected chi connectivity index (χ2v) is 5.44. The van der Waals surface area contributed by atoms with Crippen molar-refractivity contribution < 1.29 is 9.47 Å². The van der Waals surface area contributed by atoms with Crippen molar-refractivity contribution in [2.45, 2.75) is 33.2 Å². The van der Waals surface area contributed by atoms with Gasteiger partial charge in [0, 0.05) is 11.9 Å². The summed E-state index contributed by atoms with van der Waals surface area (Å²) < 4.78 is 12.8. The molecule has 0 aliphatic heterocycles. The van der Waals surface area contributed by atoms with Gasteiger partial charge in [-0.05, 0) is 49.2 Å². The zero-order chi connectivity index (χ0) is 16.7. The van der Waals surface area contributed by atoms with Gasteiger partial charge in [0.2, 0.25) is 0 Å². The van der Waals surface area contributed by atoms with Gasteiger partial charge in [0.1, 0.15) is 12.4 Å². The van der Waals surface area contributed by atoms with Gasteiger partial charge < -0.3 is 19.8 Å². The molecule has 124 valence electrons. The van der Waals surface area contributed by atoms with E-state index in [1.165, 1.54) is 0 Å². The van der Waals surface area contributed by atoms with E-state index in [1.54, 1.807) is 16.8 Å². The Balaban J connectivity index is 1.93. The van der Waals surface area contributed by atoms with Crippen LogP contribution in [0.1, 0.15) is 25.3 Å². The fourth-order valence-corrected chi connectivity index (χ4v) is 2.13. The first kappa shape index (κ1) is 16.9. The van der Waals surface area contributed by atoms with E-state index in [4.69, 9.17) is 15.2 Å².